The number of aromatic nitrogens is 3. The molecule has 1 N–H and O–H groups in total. The van der Waals surface area contributed by atoms with E-state index < -0.39 is 0 Å². The summed E-state index contributed by atoms with van der Waals surface area (Å²) in [5.41, 5.74) is 7.40. The molecule has 0 aliphatic heterocycles. The number of thiazole rings is 1. The number of anilines is 2. The zero-order chi connectivity index (χ0) is 21.9. The maximum Gasteiger partial charge on any atom is 0.153 e. The van der Waals surface area contributed by atoms with Crippen LogP contribution in [0.5, 0.6) is 0 Å². The Morgan fingerprint density at radius 2 is 1.38 bits per heavy atom. The fourth-order valence-corrected chi connectivity index (χ4v) is 4.45. The van der Waals surface area contributed by atoms with E-state index in [9.17, 15) is 0 Å². The second kappa shape index (κ2) is 8.73. The summed E-state index contributed by atoms with van der Waals surface area (Å²) in [4.78, 5) is 6.09. The SMILES string of the molecule is Cc1ccc(-c2ccc(Nc3ccc(-c4nc(-c5ccccc5)sc4C)cc3)nn2)cc1. The van der Waals surface area contributed by atoms with Crippen molar-refractivity contribution in [2.45, 2.75) is 13.8 Å². The van der Waals surface area contributed by atoms with Gasteiger partial charge in [0.2, 0.25) is 0 Å². The highest BCUT2D eigenvalue weighted by atomic mass is 32.1. The van der Waals surface area contributed by atoms with E-state index in [2.05, 4.69) is 77.9 Å². The molecule has 0 amide bonds. The number of hydrogen-bond donors (Lipinski definition) is 1. The topological polar surface area (TPSA) is 50.7 Å². The number of rotatable bonds is 5. The fourth-order valence-electron chi connectivity index (χ4n) is 3.50. The molecule has 0 radical (unpaired) electrons. The van der Waals surface area contributed by atoms with Crippen LogP contribution in [-0.4, -0.2) is 15.2 Å². The number of benzene rings is 3. The van der Waals surface area contributed by atoms with Crippen LogP contribution >= 0.6 is 11.3 Å². The van der Waals surface area contributed by atoms with E-state index in [0.29, 0.717) is 5.82 Å². The van der Waals surface area contributed by atoms with Gasteiger partial charge in [0.1, 0.15) is 5.01 Å². The average Bonchev–Trinajstić information content (AvgIpc) is 3.23. The molecule has 0 bridgehead atoms. The van der Waals surface area contributed by atoms with Crippen LogP contribution in [0, 0.1) is 13.8 Å². The first-order chi connectivity index (χ1) is 15.7. The smallest absolute Gasteiger partial charge is 0.153 e. The predicted octanol–water partition coefficient (Wildman–Crippen LogP) is 7.29. The van der Waals surface area contributed by atoms with Crippen molar-refractivity contribution in [1.29, 1.82) is 0 Å². The zero-order valence-electron chi connectivity index (χ0n) is 17.9. The lowest BCUT2D eigenvalue weighted by atomic mass is 10.1. The van der Waals surface area contributed by atoms with Gasteiger partial charge in [-0.3, -0.25) is 0 Å². The van der Waals surface area contributed by atoms with Crippen molar-refractivity contribution in [2.75, 3.05) is 5.32 Å². The predicted molar refractivity (Wildman–Crippen MR) is 133 cm³/mol. The van der Waals surface area contributed by atoms with Crippen molar-refractivity contribution in [3.8, 4) is 33.1 Å². The molecule has 0 saturated carbocycles. The minimum absolute atomic E-state index is 0.713. The third-order valence-electron chi connectivity index (χ3n) is 5.26. The minimum Gasteiger partial charge on any atom is -0.339 e. The van der Waals surface area contributed by atoms with Crippen LogP contribution in [-0.2, 0) is 0 Å². The van der Waals surface area contributed by atoms with Crippen LogP contribution in [0.15, 0.2) is 91.0 Å². The zero-order valence-corrected chi connectivity index (χ0v) is 18.7. The van der Waals surface area contributed by atoms with Gasteiger partial charge >= 0.3 is 0 Å². The Kier molecular flexibility index (Phi) is 5.48. The summed E-state index contributed by atoms with van der Waals surface area (Å²) in [6, 6.07) is 30.8. The highest BCUT2D eigenvalue weighted by molar-refractivity contribution is 7.15. The lowest BCUT2D eigenvalue weighted by Gasteiger charge is -2.07. The summed E-state index contributed by atoms with van der Waals surface area (Å²) in [6.45, 7) is 4.20. The van der Waals surface area contributed by atoms with Crippen LogP contribution in [0.4, 0.5) is 11.5 Å². The van der Waals surface area contributed by atoms with Gasteiger partial charge in [-0.25, -0.2) is 4.98 Å². The van der Waals surface area contributed by atoms with Gasteiger partial charge in [-0.05, 0) is 38.1 Å². The molecule has 4 nitrogen and oxygen atoms in total. The Morgan fingerprint density at radius 1 is 0.656 bits per heavy atom. The van der Waals surface area contributed by atoms with E-state index in [1.807, 2.05) is 42.5 Å². The first kappa shape index (κ1) is 20.1. The second-order valence-electron chi connectivity index (χ2n) is 7.66. The third-order valence-corrected chi connectivity index (χ3v) is 6.28. The maximum absolute atomic E-state index is 4.88. The van der Waals surface area contributed by atoms with Crippen LogP contribution in [0.2, 0.25) is 0 Å². The highest BCUT2D eigenvalue weighted by Crippen LogP contribution is 2.33. The Balaban J connectivity index is 1.31. The molecule has 0 unspecified atom stereocenters. The fraction of sp³-hybridized carbons (Fsp3) is 0.0741. The molecule has 0 saturated heterocycles. The van der Waals surface area contributed by atoms with Crippen molar-refractivity contribution in [3.63, 3.8) is 0 Å². The molecular weight excluding hydrogens is 412 g/mol. The average molecular weight is 435 g/mol. The monoisotopic (exact) mass is 434 g/mol. The molecule has 0 spiro atoms. The Hall–Kier alpha value is -3.83. The Labute approximate surface area is 191 Å². The molecule has 2 heterocycles. The number of nitrogens with one attached hydrogen (secondary N) is 1. The molecule has 5 aromatic rings. The largest absolute Gasteiger partial charge is 0.339 e. The van der Waals surface area contributed by atoms with E-state index >= 15 is 0 Å². The molecule has 32 heavy (non-hydrogen) atoms. The molecule has 156 valence electrons. The molecule has 5 heteroatoms. The normalized spacial score (nSPS) is 10.8. The summed E-state index contributed by atoms with van der Waals surface area (Å²) in [5.74, 6) is 0.713. The van der Waals surface area contributed by atoms with Gasteiger partial charge in [0, 0.05) is 27.3 Å². The molecule has 3 aromatic carbocycles. The first-order valence-electron chi connectivity index (χ1n) is 10.5. The second-order valence-corrected chi connectivity index (χ2v) is 8.87. The van der Waals surface area contributed by atoms with E-state index in [1.54, 1.807) is 11.3 Å². The summed E-state index contributed by atoms with van der Waals surface area (Å²) < 4.78 is 0. The van der Waals surface area contributed by atoms with Gasteiger partial charge in [-0.15, -0.1) is 21.5 Å². The number of nitrogens with zero attached hydrogens (tertiary/aromatic N) is 3. The maximum atomic E-state index is 4.88. The van der Waals surface area contributed by atoms with Gasteiger partial charge in [0.05, 0.1) is 11.4 Å². The van der Waals surface area contributed by atoms with E-state index in [1.165, 1.54) is 10.4 Å². The van der Waals surface area contributed by atoms with Crippen molar-refractivity contribution < 1.29 is 0 Å². The van der Waals surface area contributed by atoms with Crippen LogP contribution in [0.1, 0.15) is 10.4 Å². The highest BCUT2D eigenvalue weighted by Gasteiger charge is 2.11. The standard InChI is InChI=1S/C27H22N4S/c1-18-8-10-20(11-9-18)24-16-17-25(31-30-24)28-23-14-12-21(13-15-23)26-19(2)32-27(29-26)22-6-4-3-5-7-22/h3-17H,1-2H3,(H,28,31). The third kappa shape index (κ3) is 4.29. The van der Waals surface area contributed by atoms with Crippen LogP contribution < -0.4 is 5.32 Å². The molecule has 0 aliphatic rings. The van der Waals surface area contributed by atoms with Gasteiger partial charge in [-0.1, -0.05) is 72.3 Å². The van der Waals surface area contributed by atoms with Gasteiger partial charge in [-0.2, -0.15) is 0 Å². The summed E-state index contributed by atoms with van der Waals surface area (Å²) >= 11 is 1.72. The van der Waals surface area contributed by atoms with Crippen molar-refractivity contribution in [2.24, 2.45) is 0 Å². The van der Waals surface area contributed by atoms with E-state index in [4.69, 9.17) is 4.98 Å². The summed E-state index contributed by atoms with van der Waals surface area (Å²) in [7, 11) is 0. The van der Waals surface area contributed by atoms with Crippen molar-refractivity contribution >= 4 is 22.8 Å². The quantitative estimate of drug-likeness (QED) is 0.315. The lowest BCUT2D eigenvalue weighted by Crippen LogP contribution is -1.96. The van der Waals surface area contributed by atoms with Gasteiger partial charge in [0.15, 0.2) is 5.82 Å². The molecular formula is C27H22N4S. The lowest BCUT2D eigenvalue weighted by molar-refractivity contribution is 1.04. The summed E-state index contributed by atoms with van der Waals surface area (Å²) in [6.07, 6.45) is 0. The molecule has 2 aromatic heterocycles. The van der Waals surface area contributed by atoms with E-state index in [-0.39, 0.29) is 0 Å². The molecule has 0 fully saturated rings. The minimum atomic E-state index is 0.713. The van der Waals surface area contributed by atoms with Gasteiger partial charge in [0.25, 0.3) is 0 Å². The number of aryl methyl sites for hydroxylation is 2. The van der Waals surface area contributed by atoms with Crippen LogP contribution in [0.3, 0.4) is 0 Å². The van der Waals surface area contributed by atoms with E-state index in [0.717, 1.165) is 38.8 Å². The van der Waals surface area contributed by atoms with Crippen molar-refractivity contribution in [1.82, 2.24) is 15.2 Å². The van der Waals surface area contributed by atoms with Gasteiger partial charge < -0.3 is 5.32 Å². The molecule has 5 rings (SSSR count). The molecule has 0 atom stereocenters. The molecule has 0 aliphatic carbocycles. The summed E-state index contributed by atoms with van der Waals surface area (Å²) in [5, 5.41) is 13.1. The number of hydrogen-bond acceptors (Lipinski definition) is 5. The Morgan fingerprint density at radius 3 is 2.06 bits per heavy atom. The van der Waals surface area contributed by atoms with Crippen molar-refractivity contribution in [3.05, 3.63) is 101 Å². The first-order valence-corrected chi connectivity index (χ1v) is 11.3. The Bertz CT molecular complexity index is 1320. The van der Waals surface area contributed by atoms with Crippen LogP contribution in [0.25, 0.3) is 33.1 Å².